The Labute approximate surface area is 131 Å². The highest BCUT2D eigenvalue weighted by Crippen LogP contribution is 2.09. The van der Waals surface area contributed by atoms with Crippen molar-refractivity contribution in [3.63, 3.8) is 0 Å². The molecule has 3 N–H and O–H groups in total. The molecule has 0 fully saturated rings. The molecule has 0 spiro atoms. The van der Waals surface area contributed by atoms with E-state index in [4.69, 9.17) is 5.11 Å². The Kier molecular flexibility index (Phi) is 8.70. The van der Waals surface area contributed by atoms with Crippen LogP contribution in [0.4, 0.5) is 0 Å². The smallest absolute Gasteiger partial charge is 0.326 e. The zero-order valence-corrected chi connectivity index (χ0v) is 14.2. The van der Waals surface area contributed by atoms with Crippen molar-refractivity contribution in [2.75, 3.05) is 7.11 Å². The van der Waals surface area contributed by atoms with Gasteiger partial charge in [-0.1, -0.05) is 27.7 Å². The first-order chi connectivity index (χ1) is 10.1. The molecule has 0 saturated carbocycles. The number of ether oxygens (including phenoxy) is 1. The number of amides is 1. The Morgan fingerprint density at radius 2 is 1.64 bits per heavy atom. The van der Waals surface area contributed by atoms with Crippen molar-refractivity contribution >= 4 is 17.8 Å². The minimum atomic E-state index is -1.08. The zero-order chi connectivity index (χ0) is 17.4. The summed E-state index contributed by atoms with van der Waals surface area (Å²) in [5, 5.41) is 14.6. The van der Waals surface area contributed by atoms with Crippen molar-refractivity contribution in [3.05, 3.63) is 0 Å². The number of rotatable bonds is 9. The molecule has 0 aliphatic carbocycles. The van der Waals surface area contributed by atoms with Crippen LogP contribution in [0.2, 0.25) is 0 Å². The highest BCUT2D eigenvalue weighted by Gasteiger charge is 2.29. The standard InChI is InChI=1S/C15H28N2O5/c1-8(2)7-11(16-10(5)15(21)22-6)13(18)17-12(9(3)4)14(19)20/h8-12,16H,7H2,1-6H3,(H,17,18)(H,19,20)/t10-,11+,12+/m1/s1. The fourth-order valence-electron chi connectivity index (χ4n) is 2.04. The van der Waals surface area contributed by atoms with Gasteiger partial charge in [0, 0.05) is 0 Å². The van der Waals surface area contributed by atoms with Crippen LogP contribution in [0.25, 0.3) is 0 Å². The minimum Gasteiger partial charge on any atom is -0.480 e. The molecule has 0 saturated heterocycles. The van der Waals surface area contributed by atoms with Crippen LogP contribution < -0.4 is 10.6 Å². The number of carboxylic acid groups (broad SMARTS) is 1. The van der Waals surface area contributed by atoms with Crippen molar-refractivity contribution in [2.24, 2.45) is 11.8 Å². The molecule has 0 aromatic heterocycles. The van der Waals surface area contributed by atoms with E-state index in [2.05, 4.69) is 15.4 Å². The molecule has 0 rings (SSSR count). The molecule has 7 heteroatoms. The van der Waals surface area contributed by atoms with Crippen molar-refractivity contribution in [3.8, 4) is 0 Å². The lowest BCUT2D eigenvalue weighted by Gasteiger charge is -2.26. The summed E-state index contributed by atoms with van der Waals surface area (Å²) < 4.78 is 4.63. The molecule has 0 aromatic carbocycles. The summed E-state index contributed by atoms with van der Waals surface area (Å²) in [4.78, 5) is 35.0. The zero-order valence-electron chi connectivity index (χ0n) is 14.2. The SMILES string of the molecule is COC(=O)[C@@H](C)N[C@@H](CC(C)C)C(=O)N[C@H](C(=O)O)C(C)C. The first-order valence-electron chi connectivity index (χ1n) is 7.47. The average Bonchev–Trinajstić information content (AvgIpc) is 2.41. The van der Waals surface area contributed by atoms with Crippen LogP contribution in [0.5, 0.6) is 0 Å². The third-order valence-electron chi connectivity index (χ3n) is 3.26. The predicted molar refractivity (Wildman–Crippen MR) is 82.3 cm³/mol. The second kappa shape index (κ2) is 9.40. The van der Waals surface area contributed by atoms with E-state index in [0.717, 1.165) is 0 Å². The van der Waals surface area contributed by atoms with Gasteiger partial charge in [-0.05, 0) is 25.2 Å². The van der Waals surface area contributed by atoms with Crippen LogP contribution in [0.3, 0.4) is 0 Å². The molecular weight excluding hydrogens is 288 g/mol. The maximum atomic E-state index is 12.4. The van der Waals surface area contributed by atoms with E-state index in [1.807, 2.05) is 13.8 Å². The molecule has 0 aliphatic rings. The first kappa shape index (κ1) is 20.4. The van der Waals surface area contributed by atoms with Crippen LogP contribution in [0.1, 0.15) is 41.0 Å². The van der Waals surface area contributed by atoms with Crippen LogP contribution >= 0.6 is 0 Å². The average molecular weight is 316 g/mol. The van der Waals surface area contributed by atoms with Gasteiger partial charge in [0.1, 0.15) is 12.1 Å². The molecule has 1 amide bonds. The fourth-order valence-corrected chi connectivity index (χ4v) is 2.04. The predicted octanol–water partition coefficient (Wildman–Crippen LogP) is 0.778. The van der Waals surface area contributed by atoms with Gasteiger partial charge in [0.25, 0.3) is 0 Å². The number of esters is 1. The monoisotopic (exact) mass is 316 g/mol. The summed E-state index contributed by atoms with van der Waals surface area (Å²) in [6.45, 7) is 8.94. The van der Waals surface area contributed by atoms with E-state index in [1.54, 1.807) is 20.8 Å². The van der Waals surface area contributed by atoms with Gasteiger partial charge in [0.2, 0.25) is 5.91 Å². The molecule has 0 bridgehead atoms. The minimum absolute atomic E-state index is 0.204. The Balaban J connectivity index is 4.97. The first-order valence-corrected chi connectivity index (χ1v) is 7.47. The number of carbonyl (C=O) groups is 3. The van der Waals surface area contributed by atoms with Gasteiger partial charge in [-0.15, -0.1) is 0 Å². The van der Waals surface area contributed by atoms with E-state index >= 15 is 0 Å². The van der Waals surface area contributed by atoms with Gasteiger partial charge in [-0.3, -0.25) is 14.9 Å². The second-order valence-electron chi connectivity index (χ2n) is 6.16. The molecular formula is C15H28N2O5. The topological polar surface area (TPSA) is 105 Å². The maximum Gasteiger partial charge on any atom is 0.326 e. The second-order valence-corrected chi connectivity index (χ2v) is 6.16. The van der Waals surface area contributed by atoms with Crippen molar-refractivity contribution < 1.29 is 24.2 Å². The molecule has 3 atom stereocenters. The Morgan fingerprint density at radius 3 is 2.00 bits per heavy atom. The van der Waals surface area contributed by atoms with E-state index in [0.29, 0.717) is 6.42 Å². The van der Waals surface area contributed by atoms with Crippen LogP contribution in [-0.4, -0.2) is 48.2 Å². The summed E-state index contributed by atoms with van der Waals surface area (Å²) in [5.41, 5.74) is 0. The summed E-state index contributed by atoms with van der Waals surface area (Å²) >= 11 is 0. The van der Waals surface area contributed by atoms with Crippen LogP contribution in [0.15, 0.2) is 0 Å². The third kappa shape index (κ3) is 6.89. The van der Waals surface area contributed by atoms with Gasteiger partial charge in [-0.25, -0.2) is 4.79 Å². The van der Waals surface area contributed by atoms with E-state index < -0.39 is 36.0 Å². The van der Waals surface area contributed by atoms with Gasteiger partial charge >= 0.3 is 11.9 Å². The van der Waals surface area contributed by atoms with Gasteiger partial charge in [-0.2, -0.15) is 0 Å². The Morgan fingerprint density at radius 1 is 1.09 bits per heavy atom. The number of methoxy groups -OCH3 is 1. The molecule has 0 aliphatic heterocycles. The normalized spacial score (nSPS) is 15.3. The van der Waals surface area contributed by atoms with Crippen molar-refractivity contribution in [2.45, 2.75) is 59.2 Å². The maximum absolute atomic E-state index is 12.4. The number of hydrogen-bond acceptors (Lipinski definition) is 5. The van der Waals surface area contributed by atoms with Gasteiger partial charge < -0.3 is 15.2 Å². The van der Waals surface area contributed by atoms with Crippen LogP contribution in [0, 0.1) is 11.8 Å². The van der Waals surface area contributed by atoms with Gasteiger partial charge in [0.05, 0.1) is 13.2 Å². The third-order valence-corrected chi connectivity index (χ3v) is 3.26. The van der Waals surface area contributed by atoms with Crippen molar-refractivity contribution in [1.82, 2.24) is 10.6 Å². The van der Waals surface area contributed by atoms with Crippen LogP contribution in [-0.2, 0) is 19.1 Å². The molecule has 0 unspecified atom stereocenters. The lowest BCUT2D eigenvalue weighted by Crippen LogP contribution is -2.55. The number of nitrogens with one attached hydrogen (secondary N) is 2. The summed E-state index contributed by atoms with van der Waals surface area (Å²) in [7, 11) is 1.28. The van der Waals surface area contributed by atoms with Gasteiger partial charge in [0.15, 0.2) is 0 Å². The largest absolute Gasteiger partial charge is 0.480 e. The lowest BCUT2D eigenvalue weighted by molar-refractivity contribution is -0.145. The number of hydrogen-bond donors (Lipinski definition) is 3. The van der Waals surface area contributed by atoms with E-state index in [-0.39, 0.29) is 11.8 Å². The highest BCUT2D eigenvalue weighted by molar-refractivity contribution is 5.87. The summed E-state index contributed by atoms with van der Waals surface area (Å²) in [5.74, 6) is -2.01. The number of carboxylic acids is 1. The molecule has 22 heavy (non-hydrogen) atoms. The molecule has 128 valence electrons. The molecule has 0 aromatic rings. The summed E-state index contributed by atoms with van der Waals surface area (Å²) in [6, 6.07) is -2.27. The highest BCUT2D eigenvalue weighted by atomic mass is 16.5. The number of aliphatic carboxylic acids is 1. The molecule has 0 radical (unpaired) electrons. The Hall–Kier alpha value is -1.63. The lowest BCUT2D eigenvalue weighted by atomic mass is 10.00. The van der Waals surface area contributed by atoms with Crippen molar-refractivity contribution in [1.29, 1.82) is 0 Å². The fraction of sp³-hybridized carbons (Fsp3) is 0.800. The Bertz CT molecular complexity index is 395. The molecule has 7 nitrogen and oxygen atoms in total. The van der Waals surface area contributed by atoms with E-state index in [9.17, 15) is 14.4 Å². The number of carbonyl (C=O) groups excluding carboxylic acids is 2. The molecule has 0 heterocycles. The summed E-state index contributed by atoms with van der Waals surface area (Å²) in [6.07, 6.45) is 0.484. The quantitative estimate of drug-likeness (QED) is 0.543. The van der Waals surface area contributed by atoms with E-state index in [1.165, 1.54) is 7.11 Å².